The monoisotopic (exact) mass is 847 g/mol. The number of pyridine rings is 2. The van der Waals surface area contributed by atoms with Crippen molar-refractivity contribution in [1.29, 1.82) is 0 Å². The number of benzene rings is 2. The number of anilines is 2. The Morgan fingerprint density at radius 1 is 1.02 bits per heavy atom. The van der Waals surface area contributed by atoms with Crippen molar-refractivity contribution in [2.45, 2.75) is 104 Å². The van der Waals surface area contributed by atoms with Crippen molar-refractivity contribution >= 4 is 46.4 Å². The summed E-state index contributed by atoms with van der Waals surface area (Å²) in [6.07, 6.45) is -3.68. The third-order valence-corrected chi connectivity index (χ3v) is 10.2. The molecule has 4 aromatic rings. The van der Waals surface area contributed by atoms with E-state index in [1.165, 1.54) is 12.1 Å². The second-order valence-corrected chi connectivity index (χ2v) is 14.3. The number of nitrogens with one attached hydrogen (secondary N) is 2. The smallest absolute Gasteiger partial charge is 0.479 e. The molecule has 326 valence electrons. The molecule has 3 unspecified atom stereocenters. The van der Waals surface area contributed by atoms with Crippen LogP contribution in [0.3, 0.4) is 0 Å². The van der Waals surface area contributed by atoms with Crippen LogP contribution in [0.2, 0.25) is 0 Å². The number of carboxylic acids is 1. The molecule has 0 aliphatic carbocycles. The number of nitrogens with zero attached hydrogens (tertiary/aromatic N) is 2. The lowest BCUT2D eigenvalue weighted by molar-refractivity contribution is -0.195. The Morgan fingerprint density at radius 3 is 2.52 bits per heavy atom. The highest BCUT2D eigenvalue weighted by Gasteiger charge is 2.35. The van der Waals surface area contributed by atoms with E-state index in [0.717, 1.165) is 24.0 Å². The van der Waals surface area contributed by atoms with E-state index in [1.807, 2.05) is 20.8 Å². The third kappa shape index (κ3) is 9.64. The molecule has 2 amide bonds. The molecule has 2 aromatic carbocycles. The molecule has 0 radical (unpaired) electrons. The van der Waals surface area contributed by atoms with Gasteiger partial charge in [-0.05, 0) is 54.7 Å². The normalized spacial score (nSPS) is 17.0. The number of carboxylic acid groups (broad SMARTS) is 2. The summed E-state index contributed by atoms with van der Waals surface area (Å²) < 4.78 is 35.0. The highest BCUT2D eigenvalue weighted by atomic mass is 16.7. The number of nitrogens with two attached hydrogens (primary N) is 1. The van der Waals surface area contributed by atoms with Crippen LogP contribution in [0, 0.1) is 6.92 Å². The zero-order valence-electron chi connectivity index (χ0n) is 34.2. The van der Waals surface area contributed by atoms with Crippen LogP contribution in [-0.2, 0) is 50.0 Å². The van der Waals surface area contributed by atoms with Crippen LogP contribution in [-0.4, -0.2) is 80.8 Å². The summed E-state index contributed by atoms with van der Waals surface area (Å²) in [6.45, 7) is 7.21. The molecular weight excluding hydrogens is 798 g/mol. The molecule has 0 spiro atoms. The van der Waals surface area contributed by atoms with Crippen molar-refractivity contribution in [3.05, 3.63) is 68.5 Å². The second kappa shape index (κ2) is 19.3. The summed E-state index contributed by atoms with van der Waals surface area (Å²) in [5, 5.41) is 34.8. The summed E-state index contributed by atoms with van der Waals surface area (Å²) in [5.74, 6) is -0.936. The molecule has 3 aliphatic rings. The molecule has 1 fully saturated rings. The number of hydrogen-bond donors (Lipinski definition) is 6. The molecule has 1 saturated heterocycles. The van der Waals surface area contributed by atoms with Gasteiger partial charge in [0, 0.05) is 42.8 Å². The SMILES string of the molecule is CC.CCCCc1c2c(nc3cc4c(c(NC(=O)OCc5ccc(OC6CC(O)CC(C(=O)O)O6)c(NC(=O)CCN)c5)c13)OCO4)-c1cc(C)c(COC(=O)O)c(=O)n1C2. The number of unbranched alkanes of at least 4 members (excludes halogenated alkanes) is 1. The van der Waals surface area contributed by atoms with E-state index < -0.39 is 54.8 Å². The number of aliphatic hydroxyl groups excluding tert-OH is 1. The summed E-state index contributed by atoms with van der Waals surface area (Å²) >= 11 is 0. The largest absolute Gasteiger partial charge is 0.506 e. The molecule has 19 nitrogen and oxygen atoms in total. The Bertz CT molecular complexity index is 2400. The van der Waals surface area contributed by atoms with E-state index in [9.17, 15) is 34.2 Å². The summed E-state index contributed by atoms with van der Waals surface area (Å²) in [7, 11) is 0. The highest BCUT2D eigenvalue weighted by Crippen LogP contribution is 2.48. The molecule has 2 aromatic heterocycles. The average Bonchev–Trinajstić information content (AvgIpc) is 3.85. The molecule has 5 heterocycles. The number of ether oxygens (including phenoxy) is 6. The van der Waals surface area contributed by atoms with Gasteiger partial charge in [-0.25, -0.2) is 19.4 Å². The van der Waals surface area contributed by atoms with Gasteiger partial charge in [0.2, 0.25) is 19.0 Å². The first kappa shape index (κ1) is 44.1. The minimum absolute atomic E-state index is 0.00693. The Kier molecular flexibility index (Phi) is 14.0. The van der Waals surface area contributed by atoms with Gasteiger partial charge in [-0.3, -0.25) is 14.9 Å². The van der Waals surface area contributed by atoms with Gasteiger partial charge < -0.3 is 59.4 Å². The maximum atomic E-state index is 13.7. The Labute approximate surface area is 349 Å². The molecule has 3 aliphatic heterocycles. The number of aliphatic carboxylic acids is 1. The standard InChI is InChI=1S/C40H43N5O14.C2H6/c1-3-4-5-22-23-15-45-27(10-19(2)24(37(45)48)17-55-40(52)53)34(23)43-26-14-29-36(57-18-56-29)35(33(22)26)44-39(51)54-16-20-6-7-28(25(11-20)42-31(47)8-9-41)58-32-13-21(46)12-30(59-32)38(49)50;1-2/h6-7,10-11,14,21,30,32,46H,3-5,8-9,12-13,15-18,41H2,1-2H3,(H,42,47)(H,44,51)(H,49,50)(H,52,53);1-2H3. The van der Waals surface area contributed by atoms with Crippen LogP contribution in [0.25, 0.3) is 22.3 Å². The van der Waals surface area contributed by atoms with E-state index in [4.69, 9.17) is 44.2 Å². The molecular formula is C42H49N5O14. The van der Waals surface area contributed by atoms with E-state index in [1.54, 1.807) is 29.7 Å². The minimum Gasteiger partial charge on any atom is -0.479 e. The van der Waals surface area contributed by atoms with Gasteiger partial charge in [-0.15, -0.1) is 0 Å². The first-order valence-corrected chi connectivity index (χ1v) is 20.0. The summed E-state index contributed by atoms with van der Waals surface area (Å²) in [5.41, 5.74) is 10.1. The third-order valence-electron chi connectivity index (χ3n) is 10.2. The average molecular weight is 848 g/mol. The highest BCUT2D eigenvalue weighted by molar-refractivity contribution is 6.06. The van der Waals surface area contributed by atoms with Crippen LogP contribution in [0.4, 0.5) is 21.0 Å². The second-order valence-electron chi connectivity index (χ2n) is 14.3. The number of hydrogen-bond acceptors (Lipinski definition) is 14. The van der Waals surface area contributed by atoms with Gasteiger partial charge in [0.15, 0.2) is 17.6 Å². The van der Waals surface area contributed by atoms with Crippen molar-refractivity contribution in [3.8, 4) is 28.6 Å². The number of rotatable bonds is 14. The fourth-order valence-electron chi connectivity index (χ4n) is 7.40. The van der Waals surface area contributed by atoms with Crippen LogP contribution in [0.1, 0.15) is 80.7 Å². The van der Waals surface area contributed by atoms with Crippen molar-refractivity contribution in [2.75, 3.05) is 24.0 Å². The number of aryl methyl sites for hydroxylation is 2. The van der Waals surface area contributed by atoms with E-state index >= 15 is 0 Å². The molecule has 61 heavy (non-hydrogen) atoms. The van der Waals surface area contributed by atoms with Crippen LogP contribution >= 0.6 is 0 Å². The predicted octanol–water partition coefficient (Wildman–Crippen LogP) is 5.39. The zero-order chi connectivity index (χ0) is 44.0. The van der Waals surface area contributed by atoms with Gasteiger partial charge in [-0.1, -0.05) is 33.3 Å². The molecule has 19 heteroatoms. The van der Waals surface area contributed by atoms with Gasteiger partial charge in [0.05, 0.1) is 40.8 Å². The van der Waals surface area contributed by atoms with Crippen molar-refractivity contribution in [3.63, 3.8) is 0 Å². The molecule has 3 atom stereocenters. The number of fused-ring (bicyclic) bond motifs is 5. The van der Waals surface area contributed by atoms with Gasteiger partial charge in [0.1, 0.15) is 24.7 Å². The molecule has 7 N–H and O–H groups in total. The zero-order valence-corrected chi connectivity index (χ0v) is 34.2. The number of amides is 2. The fourth-order valence-corrected chi connectivity index (χ4v) is 7.40. The first-order chi connectivity index (χ1) is 29.3. The lowest BCUT2D eigenvalue weighted by atomic mass is 9.94. The van der Waals surface area contributed by atoms with Gasteiger partial charge >= 0.3 is 18.2 Å². The fraction of sp³-hybridized carbons (Fsp3) is 0.429. The molecule has 0 bridgehead atoms. The van der Waals surface area contributed by atoms with Gasteiger partial charge in [-0.2, -0.15) is 0 Å². The van der Waals surface area contributed by atoms with Crippen LogP contribution in [0.15, 0.2) is 35.1 Å². The quantitative estimate of drug-likeness (QED) is 0.0765. The lowest BCUT2D eigenvalue weighted by Gasteiger charge is -2.31. The van der Waals surface area contributed by atoms with Gasteiger partial charge in [0.25, 0.3) is 5.56 Å². The van der Waals surface area contributed by atoms with Crippen molar-refractivity contribution < 1.29 is 62.9 Å². The first-order valence-electron chi connectivity index (χ1n) is 20.0. The maximum Gasteiger partial charge on any atom is 0.506 e. The number of aliphatic hydroxyl groups is 1. The van der Waals surface area contributed by atoms with E-state index in [-0.39, 0.29) is 74.2 Å². The Balaban J connectivity index is 0.00000307. The summed E-state index contributed by atoms with van der Waals surface area (Å²) in [6, 6.07) is 8.11. The lowest BCUT2D eigenvalue weighted by Crippen LogP contribution is -2.42. The predicted molar refractivity (Wildman–Crippen MR) is 219 cm³/mol. The maximum absolute atomic E-state index is 13.7. The van der Waals surface area contributed by atoms with Crippen LogP contribution < -0.4 is 36.1 Å². The minimum atomic E-state index is -1.49. The van der Waals surface area contributed by atoms with E-state index in [2.05, 4.69) is 10.6 Å². The number of aromatic nitrogens is 2. The summed E-state index contributed by atoms with van der Waals surface area (Å²) in [4.78, 5) is 67.6. The topological polar surface area (TPSA) is 269 Å². The van der Waals surface area contributed by atoms with E-state index in [0.29, 0.717) is 45.6 Å². The Hall–Kier alpha value is -6.44. The van der Waals surface area contributed by atoms with Crippen molar-refractivity contribution in [2.24, 2.45) is 5.73 Å². The van der Waals surface area contributed by atoms with Crippen molar-refractivity contribution in [1.82, 2.24) is 9.55 Å². The molecule has 0 saturated carbocycles. The van der Waals surface area contributed by atoms with Crippen LogP contribution in [0.5, 0.6) is 17.2 Å². The molecule has 7 rings (SSSR count). The Morgan fingerprint density at radius 2 is 1.80 bits per heavy atom. The number of carbonyl (C=O) groups is 4. The number of carbonyl (C=O) groups excluding carboxylic acids is 2.